The molecule has 10 heavy (non-hydrogen) atoms. The summed E-state index contributed by atoms with van der Waals surface area (Å²) in [5.74, 6) is -0.315. The molecule has 0 aliphatic heterocycles. The average molecular weight is 136 g/mol. The number of hydrogen-bond acceptors (Lipinski definition) is 1. The summed E-state index contributed by atoms with van der Waals surface area (Å²) in [5, 5.41) is 0. The minimum Gasteiger partial charge on any atom is -0.494 e. The summed E-state index contributed by atoms with van der Waals surface area (Å²) >= 11 is 0. The van der Waals surface area contributed by atoms with Gasteiger partial charge < -0.3 is 4.74 Å². The number of methoxy groups -OCH3 is 1. The minimum absolute atomic E-state index is 0.111. The zero-order valence-corrected chi connectivity index (χ0v) is 5.60. The Balaban J connectivity index is 3.14. The number of benzene rings is 1. The van der Waals surface area contributed by atoms with Gasteiger partial charge in [0.1, 0.15) is 7.85 Å². The van der Waals surface area contributed by atoms with E-state index in [1.807, 2.05) is 0 Å². The molecule has 0 atom stereocenters. The van der Waals surface area contributed by atoms with Crippen molar-refractivity contribution in [2.75, 3.05) is 7.11 Å². The topological polar surface area (TPSA) is 9.23 Å². The van der Waals surface area contributed by atoms with Gasteiger partial charge in [0.15, 0.2) is 11.6 Å². The minimum atomic E-state index is -0.495. The Kier molecular flexibility index (Phi) is 1.95. The Labute approximate surface area is 60.2 Å². The second kappa shape index (κ2) is 2.73. The third-order valence-electron chi connectivity index (χ3n) is 1.21. The van der Waals surface area contributed by atoms with Crippen molar-refractivity contribution in [1.82, 2.24) is 0 Å². The predicted molar refractivity (Wildman–Crippen MR) is 38.3 cm³/mol. The lowest BCUT2D eigenvalue weighted by Crippen LogP contribution is -2.08. The molecular weight excluding hydrogens is 130 g/mol. The molecule has 0 saturated carbocycles. The highest BCUT2D eigenvalue weighted by atomic mass is 19.1. The maximum absolute atomic E-state index is 12.8. The molecule has 0 aliphatic carbocycles. The van der Waals surface area contributed by atoms with Crippen LogP contribution in [-0.2, 0) is 0 Å². The van der Waals surface area contributed by atoms with Crippen molar-refractivity contribution in [2.24, 2.45) is 0 Å². The molecule has 0 amide bonds. The van der Waals surface area contributed by atoms with E-state index in [-0.39, 0.29) is 11.2 Å². The SMILES string of the molecule is [B]c1cccc(OC)c1F. The first-order chi connectivity index (χ1) is 4.75. The monoisotopic (exact) mass is 136 g/mol. The molecule has 1 nitrogen and oxygen atoms in total. The highest BCUT2D eigenvalue weighted by Gasteiger charge is 2.01. The third kappa shape index (κ3) is 1.13. The van der Waals surface area contributed by atoms with Crippen molar-refractivity contribution in [3.8, 4) is 5.75 Å². The summed E-state index contributed by atoms with van der Waals surface area (Å²) in [4.78, 5) is 0. The van der Waals surface area contributed by atoms with Gasteiger partial charge in [-0.25, -0.2) is 4.39 Å². The summed E-state index contributed by atoms with van der Waals surface area (Å²) < 4.78 is 17.4. The van der Waals surface area contributed by atoms with E-state index < -0.39 is 5.82 Å². The number of hydrogen-bond donors (Lipinski definition) is 0. The molecule has 0 aliphatic rings. The van der Waals surface area contributed by atoms with Crippen LogP contribution in [0.15, 0.2) is 18.2 Å². The summed E-state index contributed by atoms with van der Waals surface area (Å²) in [5.41, 5.74) is 0.111. The lowest BCUT2D eigenvalue weighted by molar-refractivity contribution is 0.388. The van der Waals surface area contributed by atoms with E-state index >= 15 is 0 Å². The van der Waals surface area contributed by atoms with Gasteiger partial charge in [-0.3, -0.25) is 0 Å². The molecule has 1 aromatic rings. The zero-order chi connectivity index (χ0) is 7.56. The van der Waals surface area contributed by atoms with Crippen LogP contribution in [-0.4, -0.2) is 15.0 Å². The first-order valence-corrected chi connectivity index (χ1v) is 2.83. The molecule has 0 saturated heterocycles. The van der Waals surface area contributed by atoms with Crippen LogP contribution in [0.1, 0.15) is 0 Å². The van der Waals surface area contributed by atoms with Crippen LogP contribution in [0.2, 0.25) is 0 Å². The molecule has 2 radical (unpaired) electrons. The number of ether oxygens (including phenoxy) is 1. The molecule has 50 valence electrons. The number of rotatable bonds is 1. The van der Waals surface area contributed by atoms with E-state index in [0.717, 1.165) is 0 Å². The van der Waals surface area contributed by atoms with E-state index in [4.69, 9.17) is 7.85 Å². The smallest absolute Gasteiger partial charge is 0.158 e. The van der Waals surface area contributed by atoms with E-state index in [2.05, 4.69) is 4.74 Å². The molecule has 0 unspecified atom stereocenters. The average Bonchev–Trinajstić information content (AvgIpc) is 1.95. The summed E-state index contributed by atoms with van der Waals surface area (Å²) in [6.07, 6.45) is 0. The van der Waals surface area contributed by atoms with E-state index in [1.165, 1.54) is 19.2 Å². The van der Waals surface area contributed by atoms with Crippen LogP contribution in [0, 0.1) is 5.82 Å². The molecule has 3 heteroatoms. The third-order valence-corrected chi connectivity index (χ3v) is 1.21. The van der Waals surface area contributed by atoms with Gasteiger partial charge in [0.25, 0.3) is 0 Å². The standard InChI is InChI=1S/C7H6BFO/c1-10-6-4-2-3-5(8)7(6)9/h2-4H,1H3. The van der Waals surface area contributed by atoms with E-state index in [9.17, 15) is 4.39 Å². The lowest BCUT2D eigenvalue weighted by atomic mass is 9.95. The van der Waals surface area contributed by atoms with Crippen molar-refractivity contribution in [3.05, 3.63) is 24.0 Å². The van der Waals surface area contributed by atoms with Crippen LogP contribution in [0.5, 0.6) is 5.75 Å². The van der Waals surface area contributed by atoms with Crippen molar-refractivity contribution in [2.45, 2.75) is 0 Å². The van der Waals surface area contributed by atoms with Gasteiger partial charge in [0, 0.05) is 0 Å². The number of halogens is 1. The maximum atomic E-state index is 12.8. The molecule has 0 bridgehead atoms. The molecular formula is C7H6BFO. The van der Waals surface area contributed by atoms with Gasteiger partial charge in [-0.15, -0.1) is 0 Å². The first kappa shape index (κ1) is 7.13. The Morgan fingerprint density at radius 1 is 1.50 bits per heavy atom. The van der Waals surface area contributed by atoms with Gasteiger partial charge in [-0.1, -0.05) is 17.6 Å². The quantitative estimate of drug-likeness (QED) is 0.514. The summed E-state index contributed by atoms with van der Waals surface area (Å²) in [7, 11) is 6.64. The van der Waals surface area contributed by atoms with Gasteiger partial charge in [-0.2, -0.15) is 0 Å². The molecule has 0 N–H and O–H groups in total. The van der Waals surface area contributed by atoms with Crippen LogP contribution in [0.25, 0.3) is 0 Å². The Bertz CT molecular complexity index is 237. The molecule has 0 spiro atoms. The Morgan fingerprint density at radius 2 is 2.20 bits per heavy atom. The second-order valence-electron chi connectivity index (χ2n) is 1.86. The van der Waals surface area contributed by atoms with Crippen LogP contribution in [0.3, 0.4) is 0 Å². The largest absolute Gasteiger partial charge is 0.494 e. The van der Waals surface area contributed by atoms with Gasteiger partial charge in [-0.05, 0) is 6.07 Å². The van der Waals surface area contributed by atoms with Gasteiger partial charge in [0.05, 0.1) is 7.11 Å². The molecule has 0 heterocycles. The predicted octanol–water partition coefficient (Wildman–Crippen LogP) is 0.628. The highest BCUT2D eigenvalue weighted by molar-refractivity contribution is 6.32. The van der Waals surface area contributed by atoms with Crippen molar-refractivity contribution < 1.29 is 9.13 Å². The molecule has 1 rings (SSSR count). The fraction of sp³-hybridized carbons (Fsp3) is 0.143. The fourth-order valence-corrected chi connectivity index (χ4v) is 0.685. The highest BCUT2D eigenvalue weighted by Crippen LogP contribution is 2.11. The van der Waals surface area contributed by atoms with Crippen molar-refractivity contribution >= 4 is 13.3 Å². The molecule has 0 aromatic heterocycles. The summed E-state index contributed by atoms with van der Waals surface area (Å²) in [6.45, 7) is 0. The Hall–Kier alpha value is -0.985. The second-order valence-corrected chi connectivity index (χ2v) is 1.86. The molecule has 1 aromatic carbocycles. The normalized spacial score (nSPS) is 9.40. The van der Waals surface area contributed by atoms with Crippen LogP contribution in [0.4, 0.5) is 4.39 Å². The lowest BCUT2D eigenvalue weighted by Gasteiger charge is -2.02. The van der Waals surface area contributed by atoms with E-state index in [0.29, 0.717) is 0 Å². The fourth-order valence-electron chi connectivity index (χ4n) is 0.685. The van der Waals surface area contributed by atoms with Gasteiger partial charge in [0.2, 0.25) is 0 Å². The summed E-state index contributed by atoms with van der Waals surface area (Å²) in [6, 6.07) is 4.64. The van der Waals surface area contributed by atoms with Crippen LogP contribution >= 0.6 is 0 Å². The maximum Gasteiger partial charge on any atom is 0.158 e. The van der Waals surface area contributed by atoms with E-state index in [1.54, 1.807) is 6.07 Å². The van der Waals surface area contributed by atoms with Crippen molar-refractivity contribution in [1.29, 1.82) is 0 Å². The van der Waals surface area contributed by atoms with Crippen LogP contribution < -0.4 is 10.2 Å². The zero-order valence-electron chi connectivity index (χ0n) is 5.60. The Morgan fingerprint density at radius 3 is 2.70 bits per heavy atom. The van der Waals surface area contributed by atoms with Gasteiger partial charge >= 0.3 is 0 Å². The molecule has 0 fully saturated rings. The first-order valence-electron chi connectivity index (χ1n) is 2.83. The van der Waals surface area contributed by atoms with Crippen molar-refractivity contribution in [3.63, 3.8) is 0 Å².